The molecule has 4 rings (SSSR count). The maximum Gasteiger partial charge on any atom is 0.306 e. The molecule has 2 aromatic rings. The fourth-order valence-corrected chi connectivity index (χ4v) is 5.42. The lowest BCUT2D eigenvalue weighted by molar-refractivity contribution is -0.308. The highest BCUT2D eigenvalue weighted by atomic mass is 16.8. The van der Waals surface area contributed by atoms with Gasteiger partial charge in [0.05, 0.1) is 12.1 Å². The van der Waals surface area contributed by atoms with E-state index in [9.17, 15) is 24.0 Å². The van der Waals surface area contributed by atoms with Gasteiger partial charge in [-0.1, -0.05) is 52.9 Å². The van der Waals surface area contributed by atoms with Gasteiger partial charge >= 0.3 is 29.8 Å². The summed E-state index contributed by atoms with van der Waals surface area (Å²) in [5, 5.41) is 4.04. The van der Waals surface area contributed by atoms with Gasteiger partial charge in [-0.05, 0) is 56.7 Å². The van der Waals surface area contributed by atoms with Crippen LogP contribution in [0.1, 0.15) is 58.6 Å². The van der Waals surface area contributed by atoms with Gasteiger partial charge in [0.2, 0.25) is 6.10 Å². The molecule has 1 fully saturated rings. The van der Waals surface area contributed by atoms with Crippen molar-refractivity contribution in [2.45, 2.75) is 103 Å². The zero-order valence-corrected chi connectivity index (χ0v) is 31.5. The predicted octanol–water partition coefficient (Wildman–Crippen LogP) is 3.92. The van der Waals surface area contributed by atoms with Gasteiger partial charge in [-0.3, -0.25) is 24.0 Å². The summed E-state index contributed by atoms with van der Waals surface area (Å²) in [5.74, 6) is 3.24. The van der Waals surface area contributed by atoms with E-state index in [0.29, 0.717) is 11.5 Å². The van der Waals surface area contributed by atoms with Crippen LogP contribution < -0.4 is 4.74 Å². The molecule has 0 aromatic heterocycles. The van der Waals surface area contributed by atoms with E-state index >= 15 is 0 Å². The summed E-state index contributed by atoms with van der Waals surface area (Å²) in [6.07, 6.45) is -5.12. The topological polar surface area (TPSA) is 181 Å². The number of benzene rings is 2. The summed E-state index contributed by atoms with van der Waals surface area (Å²) < 4.78 is 45.0. The summed E-state index contributed by atoms with van der Waals surface area (Å²) >= 11 is 0. The molecule has 1 saturated heterocycles. The van der Waals surface area contributed by atoms with E-state index in [-0.39, 0.29) is 19.4 Å². The third kappa shape index (κ3) is 13.9. The lowest BCUT2D eigenvalue weighted by atomic mass is 9.98. The van der Waals surface area contributed by atoms with E-state index in [1.807, 2.05) is 67.6 Å². The smallest absolute Gasteiger partial charge is 0.306 e. The highest BCUT2D eigenvalue weighted by Gasteiger charge is 2.53. The van der Waals surface area contributed by atoms with Crippen molar-refractivity contribution in [1.29, 1.82) is 0 Å². The second-order valence-corrected chi connectivity index (χ2v) is 12.7. The molecule has 15 nitrogen and oxygen atoms in total. The summed E-state index contributed by atoms with van der Waals surface area (Å²) in [5.41, 5.74) is 2.22. The lowest BCUT2D eigenvalue weighted by Gasteiger charge is -2.43. The van der Waals surface area contributed by atoms with Crippen LogP contribution in [0.5, 0.6) is 5.75 Å². The largest absolute Gasteiger partial charge is 0.483 e. The molecule has 0 spiro atoms. The fourth-order valence-electron chi connectivity index (χ4n) is 5.42. The second kappa shape index (κ2) is 20.7. The van der Waals surface area contributed by atoms with Gasteiger partial charge in [-0.2, -0.15) is 0 Å². The summed E-state index contributed by atoms with van der Waals surface area (Å²) in [6, 6.07) is 17.0. The molecule has 0 N–H and O–H groups in total. The van der Waals surface area contributed by atoms with Gasteiger partial charge < -0.3 is 42.7 Å². The van der Waals surface area contributed by atoms with Crippen LogP contribution in [-0.2, 0) is 62.0 Å². The molecule has 8 atom stereocenters. The highest BCUT2D eigenvalue weighted by molar-refractivity contribution is 5.85. The Kier molecular flexibility index (Phi) is 15.8. The number of oxime groups is 1. The standard InChI is InChI=1S/C40H45NO14/c1-24-12-16-31(17-13-24)52-33-20-19-32(18-15-30-10-8-7-9-11-30)53-34(33)22-48-36(46)21-14-25(2)41-55-40-39(51-29(6)45)38(50-28(5)44)37(49-27(4)43)35(54-40)23-47-26(3)42/h7-13,16-17,19-20,32-35,37-40H,14,21-23H2,1-6H3/t32-,33+,34-,35-,37-,38+,39-,40+/m1/s1. The Balaban J connectivity index is 1.41. The first kappa shape index (κ1) is 42.0. The maximum absolute atomic E-state index is 12.9. The monoisotopic (exact) mass is 763 g/mol. The Morgan fingerprint density at radius 2 is 1.33 bits per heavy atom. The molecule has 0 amide bonds. The van der Waals surface area contributed by atoms with Crippen molar-refractivity contribution in [1.82, 2.24) is 0 Å². The first-order valence-corrected chi connectivity index (χ1v) is 17.6. The predicted molar refractivity (Wildman–Crippen MR) is 193 cm³/mol. The van der Waals surface area contributed by atoms with Crippen molar-refractivity contribution in [3.05, 3.63) is 77.9 Å². The van der Waals surface area contributed by atoms with Gasteiger partial charge in [0.15, 0.2) is 12.2 Å². The molecule has 55 heavy (non-hydrogen) atoms. The summed E-state index contributed by atoms with van der Waals surface area (Å²) in [7, 11) is 0. The quantitative estimate of drug-likeness (QED) is 0.0675. The molecule has 15 heteroatoms. The van der Waals surface area contributed by atoms with Crippen molar-refractivity contribution in [2.75, 3.05) is 13.2 Å². The molecular weight excluding hydrogens is 718 g/mol. The molecule has 0 aliphatic carbocycles. The second-order valence-electron chi connectivity index (χ2n) is 12.7. The lowest BCUT2D eigenvalue weighted by Crippen LogP contribution is -2.62. The average molecular weight is 764 g/mol. The molecule has 2 aromatic carbocycles. The molecule has 2 heterocycles. The zero-order valence-electron chi connectivity index (χ0n) is 31.5. The molecule has 2 aliphatic rings. The molecular formula is C40H45NO14. The Hall–Kier alpha value is -5.72. The normalized spacial score (nSPS) is 24.6. The van der Waals surface area contributed by atoms with E-state index in [2.05, 4.69) is 17.0 Å². The molecule has 294 valence electrons. The first-order chi connectivity index (χ1) is 26.3. The van der Waals surface area contributed by atoms with E-state index in [1.165, 1.54) is 0 Å². The molecule has 0 saturated carbocycles. The number of ether oxygens (including phenoxy) is 8. The molecule has 2 aliphatic heterocycles. The third-order valence-corrected chi connectivity index (χ3v) is 7.95. The Bertz CT molecular complexity index is 1760. The number of carbonyl (C=O) groups excluding carboxylic acids is 5. The van der Waals surface area contributed by atoms with Crippen molar-refractivity contribution < 1.29 is 66.7 Å². The number of carbonyl (C=O) groups is 5. The molecule has 0 bridgehead atoms. The van der Waals surface area contributed by atoms with Crippen molar-refractivity contribution in [3.63, 3.8) is 0 Å². The van der Waals surface area contributed by atoms with Gasteiger partial charge in [0.1, 0.15) is 43.4 Å². The van der Waals surface area contributed by atoms with E-state index in [0.717, 1.165) is 38.8 Å². The van der Waals surface area contributed by atoms with Crippen LogP contribution in [0.4, 0.5) is 0 Å². The summed E-state index contributed by atoms with van der Waals surface area (Å²) in [4.78, 5) is 66.2. The van der Waals surface area contributed by atoms with Gasteiger partial charge in [0.25, 0.3) is 6.29 Å². The first-order valence-electron chi connectivity index (χ1n) is 17.6. The Morgan fingerprint density at radius 3 is 1.98 bits per heavy atom. The van der Waals surface area contributed by atoms with E-state index < -0.39 is 85.5 Å². The van der Waals surface area contributed by atoms with E-state index in [1.54, 1.807) is 13.0 Å². The average Bonchev–Trinajstić information content (AvgIpc) is 3.14. The minimum atomic E-state index is -1.51. The number of nitrogens with zero attached hydrogens (tertiary/aromatic N) is 1. The third-order valence-electron chi connectivity index (χ3n) is 7.95. The Morgan fingerprint density at radius 1 is 0.691 bits per heavy atom. The number of aryl methyl sites for hydroxylation is 1. The van der Waals surface area contributed by atoms with Crippen LogP contribution in [-0.4, -0.2) is 97.8 Å². The van der Waals surface area contributed by atoms with Gasteiger partial charge in [0, 0.05) is 33.3 Å². The van der Waals surface area contributed by atoms with Crippen LogP contribution in [0, 0.1) is 18.8 Å². The zero-order chi connectivity index (χ0) is 39.9. The van der Waals surface area contributed by atoms with Crippen LogP contribution in [0.25, 0.3) is 0 Å². The molecule has 0 radical (unpaired) electrons. The minimum absolute atomic E-state index is 0.0873. The number of hydrogen-bond acceptors (Lipinski definition) is 15. The number of esters is 5. The van der Waals surface area contributed by atoms with Crippen molar-refractivity contribution >= 4 is 35.6 Å². The van der Waals surface area contributed by atoms with Crippen LogP contribution >= 0.6 is 0 Å². The van der Waals surface area contributed by atoms with Gasteiger partial charge in [-0.15, -0.1) is 0 Å². The van der Waals surface area contributed by atoms with Crippen LogP contribution in [0.3, 0.4) is 0 Å². The number of hydrogen-bond donors (Lipinski definition) is 0. The molecule has 0 unspecified atom stereocenters. The number of rotatable bonds is 14. The van der Waals surface area contributed by atoms with Crippen LogP contribution in [0.15, 0.2) is 71.9 Å². The van der Waals surface area contributed by atoms with Crippen molar-refractivity contribution in [3.8, 4) is 17.6 Å². The fraction of sp³-hybridized carbons (Fsp3) is 0.450. The Labute approximate surface area is 319 Å². The minimum Gasteiger partial charge on any atom is -0.483 e. The maximum atomic E-state index is 12.9. The highest BCUT2D eigenvalue weighted by Crippen LogP contribution is 2.30. The van der Waals surface area contributed by atoms with Crippen LogP contribution in [0.2, 0.25) is 0 Å². The van der Waals surface area contributed by atoms with Crippen molar-refractivity contribution in [2.24, 2.45) is 5.16 Å². The SMILES string of the molecule is CC(=O)OC[C@H]1O[C@@H](ON=C(C)CCC(=O)OC[C@H]2O[C@H](C#Cc3ccccc3)C=C[C@@H]2Oc2ccc(C)cc2)[C@H](OC(C)=O)[C@@H](OC(C)=O)[C@@H]1OC(C)=O. The van der Waals surface area contributed by atoms with E-state index in [4.69, 9.17) is 42.7 Å². The van der Waals surface area contributed by atoms with Gasteiger partial charge in [-0.25, -0.2) is 0 Å². The summed E-state index contributed by atoms with van der Waals surface area (Å²) in [6.45, 7) is 7.50.